The van der Waals surface area contributed by atoms with Gasteiger partial charge in [0.05, 0.1) is 29.9 Å². The van der Waals surface area contributed by atoms with E-state index in [9.17, 15) is 14.0 Å². The Labute approximate surface area is 181 Å². The summed E-state index contributed by atoms with van der Waals surface area (Å²) in [5, 5.41) is 3.94. The van der Waals surface area contributed by atoms with Gasteiger partial charge in [0, 0.05) is 0 Å². The van der Waals surface area contributed by atoms with Crippen molar-refractivity contribution in [3.63, 3.8) is 0 Å². The Bertz CT molecular complexity index is 887. The highest BCUT2D eigenvalue weighted by Crippen LogP contribution is 2.33. The van der Waals surface area contributed by atoms with Crippen molar-refractivity contribution < 1.29 is 28.2 Å². The normalized spacial score (nSPS) is 10.6. The van der Waals surface area contributed by atoms with Gasteiger partial charge in [0.1, 0.15) is 5.82 Å². The molecule has 0 heterocycles. The first-order valence-electron chi connectivity index (χ1n) is 8.65. The van der Waals surface area contributed by atoms with E-state index >= 15 is 0 Å². The fourth-order valence-electron chi connectivity index (χ4n) is 2.26. The van der Waals surface area contributed by atoms with E-state index in [1.807, 2.05) is 6.92 Å². The fourth-order valence-corrected chi connectivity index (χ4v) is 3.04. The number of hydrogen-bond donors (Lipinski definition) is 1. The third-order valence-electron chi connectivity index (χ3n) is 3.57. The van der Waals surface area contributed by atoms with Crippen LogP contribution in [0.5, 0.6) is 11.5 Å². The summed E-state index contributed by atoms with van der Waals surface area (Å²) in [6.07, 6.45) is 1.55. The Balaban J connectivity index is 2.04. The highest BCUT2D eigenvalue weighted by molar-refractivity contribution is 14.1. The number of benzene rings is 2. The molecule has 0 bridgehead atoms. The number of halogens is 2. The monoisotopic (exact) mass is 514 g/mol. The van der Waals surface area contributed by atoms with Crippen molar-refractivity contribution in [1.82, 2.24) is 5.43 Å². The zero-order valence-electron chi connectivity index (χ0n) is 15.9. The molecule has 0 fully saturated rings. The fraction of sp³-hybridized carbons (Fsp3) is 0.250. The second-order valence-electron chi connectivity index (χ2n) is 5.72. The van der Waals surface area contributed by atoms with Crippen molar-refractivity contribution in [3.8, 4) is 11.5 Å². The summed E-state index contributed by atoms with van der Waals surface area (Å²) < 4.78 is 29.3. The van der Waals surface area contributed by atoms with Gasteiger partial charge in [-0.1, -0.05) is 12.1 Å². The number of ether oxygens (including phenoxy) is 3. The molecule has 9 heteroatoms. The maximum Gasteiger partial charge on any atom is 0.343 e. The number of methoxy groups -OCH3 is 1. The third-order valence-corrected chi connectivity index (χ3v) is 4.38. The largest absolute Gasteiger partial charge is 0.490 e. The van der Waals surface area contributed by atoms with Gasteiger partial charge in [-0.2, -0.15) is 5.10 Å². The molecular weight excluding hydrogens is 494 g/mol. The van der Waals surface area contributed by atoms with Gasteiger partial charge >= 0.3 is 5.97 Å². The minimum absolute atomic E-state index is 0.0830. The number of nitrogens with one attached hydrogen (secondary N) is 1. The van der Waals surface area contributed by atoms with Gasteiger partial charge in [0.2, 0.25) is 5.91 Å². The quantitative estimate of drug-likeness (QED) is 0.241. The lowest BCUT2D eigenvalue weighted by molar-refractivity contribution is -0.143. The molecule has 0 saturated heterocycles. The number of amides is 1. The highest BCUT2D eigenvalue weighted by Gasteiger charge is 2.14. The number of hydrogen-bond acceptors (Lipinski definition) is 6. The summed E-state index contributed by atoms with van der Waals surface area (Å²) in [4.78, 5) is 23.3. The van der Waals surface area contributed by atoms with Gasteiger partial charge in [0.25, 0.3) is 0 Å². The first-order valence-corrected chi connectivity index (χ1v) is 9.73. The molecule has 0 radical (unpaired) electrons. The number of nitrogens with zero attached hydrogens (tertiary/aromatic N) is 1. The molecule has 1 N–H and O–H groups in total. The smallest absolute Gasteiger partial charge is 0.343 e. The standard InChI is InChI=1S/C20H20FIN2O5/c1-3-28-17-9-14(8-16(22)20(17)29-12-19(26)27-2)11-23-24-18(25)10-13-4-6-15(21)7-5-13/h4-9,11H,3,10,12H2,1-2H3,(H,24,25)/b23-11+. The second-order valence-corrected chi connectivity index (χ2v) is 6.89. The van der Waals surface area contributed by atoms with E-state index in [4.69, 9.17) is 9.47 Å². The second kappa shape index (κ2) is 11.3. The van der Waals surface area contributed by atoms with Gasteiger partial charge in [-0.3, -0.25) is 4.79 Å². The van der Waals surface area contributed by atoms with Gasteiger partial charge in [0.15, 0.2) is 18.1 Å². The molecule has 0 saturated carbocycles. The summed E-state index contributed by atoms with van der Waals surface area (Å²) in [7, 11) is 1.28. The Morgan fingerprint density at radius 3 is 2.59 bits per heavy atom. The SMILES string of the molecule is CCOc1cc(/C=N/NC(=O)Cc2ccc(F)cc2)cc(I)c1OCC(=O)OC. The van der Waals surface area contributed by atoms with Crippen LogP contribution in [0.3, 0.4) is 0 Å². The van der Waals surface area contributed by atoms with E-state index in [0.717, 1.165) is 0 Å². The zero-order chi connectivity index (χ0) is 21.2. The van der Waals surface area contributed by atoms with Crippen LogP contribution >= 0.6 is 22.6 Å². The Morgan fingerprint density at radius 2 is 1.93 bits per heavy atom. The van der Waals surface area contributed by atoms with E-state index in [2.05, 4.69) is 37.9 Å². The summed E-state index contributed by atoms with van der Waals surface area (Å²) in [5.74, 6) is -0.313. The van der Waals surface area contributed by atoms with Crippen LogP contribution in [-0.2, 0) is 20.7 Å². The van der Waals surface area contributed by atoms with Crippen LogP contribution in [-0.4, -0.2) is 38.4 Å². The molecule has 1 amide bonds. The van der Waals surface area contributed by atoms with Gasteiger partial charge < -0.3 is 14.2 Å². The molecule has 0 unspecified atom stereocenters. The zero-order valence-corrected chi connectivity index (χ0v) is 18.1. The summed E-state index contributed by atoms with van der Waals surface area (Å²) >= 11 is 2.06. The maximum absolute atomic E-state index is 12.9. The molecule has 7 nitrogen and oxygen atoms in total. The number of hydrazone groups is 1. The van der Waals surface area contributed by atoms with Crippen molar-refractivity contribution in [3.05, 3.63) is 56.9 Å². The molecule has 0 aliphatic rings. The first-order chi connectivity index (χ1) is 13.9. The van der Waals surface area contributed by atoms with Crippen LogP contribution in [0.25, 0.3) is 0 Å². The molecule has 2 aromatic carbocycles. The molecule has 0 aromatic heterocycles. The topological polar surface area (TPSA) is 86.2 Å². The molecule has 0 aliphatic heterocycles. The van der Waals surface area contributed by atoms with E-state index < -0.39 is 5.97 Å². The number of carbonyl (C=O) groups excluding carboxylic acids is 2. The number of carbonyl (C=O) groups is 2. The van der Waals surface area contributed by atoms with Crippen LogP contribution in [0.4, 0.5) is 4.39 Å². The summed E-state index contributed by atoms with van der Waals surface area (Å²) in [5.41, 5.74) is 3.78. The third kappa shape index (κ3) is 7.33. The molecule has 2 rings (SSSR count). The average Bonchev–Trinajstić information content (AvgIpc) is 2.69. The molecule has 154 valence electrons. The first kappa shape index (κ1) is 22.6. The van der Waals surface area contributed by atoms with E-state index in [1.54, 1.807) is 24.3 Å². The molecule has 0 atom stereocenters. The predicted octanol–water partition coefficient (Wildman–Crippen LogP) is 3.07. The highest BCUT2D eigenvalue weighted by atomic mass is 127. The Morgan fingerprint density at radius 1 is 1.21 bits per heavy atom. The van der Waals surface area contributed by atoms with Crippen LogP contribution in [0.15, 0.2) is 41.5 Å². The lowest BCUT2D eigenvalue weighted by Gasteiger charge is -2.14. The lowest BCUT2D eigenvalue weighted by atomic mass is 10.1. The van der Waals surface area contributed by atoms with Crippen molar-refractivity contribution in [2.45, 2.75) is 13.3 Å². The Hall–Kier alpha value is -2.69. The van der Waals surface area contributed by atoms with Gasteiger partial charge in [-0.05, 0) is 64.9 Å². The van der Waals surface area contributed by atoms with Crippen LogP contribution in [0, 0.1) is 9.39 Å². The summed E-state index contributed by atoms with van der Waals surface area (Å²) in [6.45, 7) is 1.99. The molecule has 29 heavy (non-hydrogen) atoms. The van der Waals surface area contributed by atoms with Crippen molar-refractivity contribution >= 4 is 40.7 Å². The van der Waals surface area contributed by atoms with E-state index in [-0.39, 0.29) is 24.8 Å². The number of rotatable bonds is 9. The summed E-state index contributed by atoms with van der Waals surface area (Å²) in [6, 6.07) is 9.14. The molecular formula is C20H20FIN2O5. The Kier molecular flexibility index (Phi) is 8.84. The lowest BCUT2D eigenvalue weighted by Crippen LogP contribution is -2.19. The minimum Gasteiger partial charge on any atom is -0.490 e. The predicted molar refractivity (Wildman–Crippen MR) is 114 cm³/mol. The van der Waals surface area contributed by atoms with E-state index in [1.165, 1.54) is 25.5 Å². The average molecular weight is 514 g/mol. The van der Waals surface area contributed by atoms with Gasteiger partial charge in [-0.15, -0.1) is 0 Å². The molecule has 2 aromatic rings. The molecule has 0 aliphatic carbocycles. The van der Waals surface area contributed by atoms with Crippen LogP contribution in [0.2, 0.25) is 0 Å². The molecule has 0 spiro atoms. The van der Waals surface area contributed by atoms with Crippen molar-refractivity contribution in [2.75, 3.05) is 20.3 Å². The minimum atomic E-state index is -0.502. The van der Waals surface area contributed by atoms with Crippen LogP contribution < -0.4 is 14.9 Å². The number of esters is 1. The van der Waals surface area contributed by atoms with Gasteiger partial charge in [-0.25, -0.2) is 14.6 Å². The van der Waals surface area contributed by atoms with E-state index in [0.29, 0.717) is 32.8 Å². The maximum atomic E-state index is 12.9. The van der Waals surface area contributed by atoms with Crippen molar-refractivity contribution in [1.29, 1.82) is 0 Å². The van der Waals surface area contributed by atoms with Crippen molar-refractivity contribution in [2.24, 2.45) is 5.10 Å². The van der Waals surface area contributed by atoms with Crippen LogP contribution in [0.1, 0.15) is 18.1 Å².